The molecular weight excluding hydrogens is 532 g/mol. The molecule has 13 heteroatoms. The van der Waals surface area contributed by atoms with E-state index in [0.29, 0.717) is 11.3 Å². The van der Waals surface area contributed by atoms with Crippen LogP contribution in [0.5, 0.6) is 11.5 Å². The van der Waals surface area contributed by atoms with Gasteiger partial charge >= 0.3 is 17.9 Å². The monoisotopic (exact) mass is 558 g/mol. The Bertz CT molecular complexity index is 1130. The van der Waals surface area contributed by atoms with E-state index in [4.69, 9.17) is 19.9 Å². The van der Waals surface area contributed by atoms with E-state index >= 15 is 0 Å². The number of carbonyl (C=O) groups is 5. The first-order chi connectivity index (χ1) is 16.3. The highest BCUT2D eigenvalue weighted by Gasteiger charge is 2.52. The number of fused-ring (bicyclic) bond motifs is 1. The van der Waals surface area contributed by atoms with Gasteiger partial charge in [-0.2, -0.15) is 0 Å². The molecule has 2 N–H and O–H groups in total. The summed E-state index contributed by atoms with van der Waals surface area (Å²) >= 11 is 2.34. The Balaban J connectivity index is 0.00000456. The van der Waals surface area contributed by atoms with E-state index < -0.39 is 29.6 Å². The molecule has 0 aromatic heterocycles. The number of β-lactam (4-membered cyclic amide) rings is 1. The molecule has 0 unspecified atom stereocenters. The third kappa shape index (κ3) is 6.81. The number of halogens is 1. The molecule has 1 saturated heterocycles. The molecule has 0 radical (unpaired) electrons. The topological polar surface area (TPSA) is 142 Å². The van der Waals surface area contributed by atoms with Gasteiger partial charge in [0.15, 0.2) is 11.5 Å². The van der Waals surface area contributed by atoms with Gasteiger partial charge in [0.1, 0.15) is 22.7 Å². The minimum Gasteiger partial charge on any atom is -0.455 e. The zero-order chi connectivity index (χ0) is 26.1. The predicted molar refractivity (Wildman–Crippen MR) is 137 cm³/mol. The fourth-order valence-corrected chi connectivity index (χ4v) is 5.61. The summed E-state index contributed by atoms with van der Waals surface area (Å²) in [6.07, 6.45) is 0. The van der Waals surface area contributed by atoms with Crippen molar-refractivity contribution < 1.29 is 38.2 Å². The first-order valence-corrected chi connectivity index (χ1v) is 12.7. The fraction of sp³-hybridized carbons (Fsp3) is 0.435. The van der Waals surface area contributed by atoms with Crippen LogP contribution in [-0.2, 0) is 23.9 Å². The van der Waals surface area contributed by atoms with E-state index in [0.717, 1.165) is 11.8 Å². The molecule has 1 aromatic carbocycles. The lowest BCUT2D eigenvalue weighted by molar-refractivity contribution is -0.158. The van der Waals surface area contributed by atoms with Gasteiger partial charge in [-0.3, -0.25) is 24.1 Å². The summed E-state index contributed by atoms with van der Waals surface area (Å²) in [5.41, 5.74) is 6.02. The molecule has 10 nitrogen and oxygen atoms in total. The number of benzene rings is 1. The smallest absolute Gasteiger partial charge is 0.355 e. The average molecular weight is 559 g/mol. The van der Waals surface area contributed by atoms with Gasteiger partial charge in [-0.05, 0) is 44.5 Å². The van der Waals surface area contributed by atoms with Crippen molar-refractivity contribution >= 4 is 64.9 Å². The maximum Gasteiger partial charge on any atom is 0.355 e. The van der Waals surface area contributed by atoms with Crippen molar-refractivity contribution in [2.24, 2.45) is 5.73 Å². The number of thioether (sulfide) groups is 2. The van der Waals surface area contributed by atoms with E-state index in [1.807, 2.05) is 0 Å². The molecule has 2 atom stereocenters. The maximum atomic E-state index is 12.9. The van der Waals surface area contributed by atoms with E-state index in [9.17, 15) is 24.0 Å². The highest BCUT2D eigenvalue weighted by molar-refractivity contribution is 8.14. The average Bonchev–Trinajstić information content (AvgIpc) is 2.75. The summed E-state index contributed by atoms with van der Waals surface area (Å²) in [5.74, 6) is -1.80. The van der Waals surface area contributed by atoms with Crippen LogP contribution < -0.4 is 15.2 Å². The Kier molecular flexibility index (Phi) is 9.63. The van der Waals surface area contributed by atoms with Crippen LogP contribution >= 0.6 is 35.9 Å². The quantitative estimate of drug-likeness (QED) is 0.312. The maximum absolute atomic E-state index is 12.9. The molecule has 0 aliphatic carbocycles. The number of hydrogen-bond acceptors (Lipinski definition) is 11. The van der Waals surface area contributed by atoms with Crippen LogP contribution in [0.4, 0.5) is 0 Å². The Morgan fingerprint density at radius 2 is 1.72 bits per heavy atom. The lowest BCUT2D eigenvalue weighted by Crippen LogP contribution is -2.68. The molecule has 196 valence electrons. The lowest BCUT2D eigenvalue weighted by Gasteiger charge is -2.48. The number of rotatable bonds is 6. The van der Waals surface area contributed by atoms with Crippen molar-refractivity contribution in [2.45, 2.75) is 51.6 Å². The van der Waals surface area contributed by atoms with Crippen LogP contribution in [0.1, 0.15) is 45.0 Å². The second kappa shape index (κ2) is 11.7. The number of hydrogen-bond donors (Lipinski definition) is 1. The summed E-state index contributed by atoms with van der Waals surface area (Å²) in [6, 6.07) is 3.42. The van der Waals surface area contributed by atoms with E-state index in [1.54, 1.807) is 20.8 Å². The second-order valence-corrected chi connectivity index (χ2v) is 10.9. The Labute approximate surface area is 223 Å². The van der Waals surface area contributed by atoms with Crippen LogP contribution in [0.15, 0.2) is 29.5 Å². The van der Waals surface area contributed by atoms with Gasteiger partial charge in [-0.25, -0.2) is 4.79 Å². The third-order valence-corrected chi connectivity index (χ3v) is 7.10. The zero-order valence-corrected chi connectivity index (χ0v) is 22.8. The molecule has 36 heavy (non-hydrogen) atoms. The molecule has 2 aliphatic rings. The van der Waals surface area contributed by atoms with Gasteiger partial charge < -0.3 is 19.9 Å². The van der Waals surface area contributed by atoms with Crippen LogP contribution in [-0.4, -0.2) is 62.4 Å². The number of amides is 1. The summed E-state index contributed by atoms with van der Waals surface area (Å²) in [6.45, 7) is 7.56. The molecule has 0 bridgehead atoms. The standard InChI is InChI=1S/C23H26N2O8S2.ClH/c1-11(26)31-15-7-6-13(8-16(15)32-12(2)27)22(30)35-10-14-9-34-20-17(24)19(28)25(20)18(14)21(29)33-23(3,4)5;/h6-8,17,20H,9-10,24H2,1-5H3;1H/t17-,20-;/m1./s1. The number of nitrogens with two attached hydrogens (primary N) is 1. The van der Waals surface area contributed by atoms with Gasteiger partial charge in [0.05, 0.1) is 0 Å². The number of carbonyl (C=O) groups excluding carboxylic acids is 5. The van der Waals surface area contributed by atoms with Crippen molar-refractivity contribution in [2.75, 3.05) is 11.5 Å². The molecule has 0 spiro atoms. The zero-order valence-electron chi connectivity index (χ0n) is 20.3. The normalized spacial score (nSPS) is 18.9. The first kappa shape index (κ1) is 29.7. The van der Waals surface area contributed by atoms with E-state index in [-0.39, 0.29) is 57.3 Å². The fourth-order valence-electron chi connectivity index (χ4n) is 3.35. The molecule has 2 heterocycles. The highest BCUT2D eigenvalue weighted by Crippen LogP contribution is 2.41. The van der Waals surface area contributed by atoms with Gasteiger partial charge in [-0.15, -0.1) is 24.2 Å². The van der Waals surface area contributed by atoms with Crippen LogP contribution in [0.2, 0.25) is 0 Å². The third-order valence-electron chi connectivity index (χ3n) is 4.74. The van der Waals surface area contributed by atoms with Gasteiger partial charge in [-0.1, -0.05) is 11.8 Å². The molecule has 1 aromatic rings. The highest BCUT2D eigenvalue weighted by atomic mass is 35.5. The van der Waals surface area contributed by atoms with Gasteiger partial charge in [0.25, 0.3) is 0 Å². The van der Waals surface area contributed by atoms with Crippen LogP contribution in [0.3, 0.4) is 0 Å². The van der Waals surface area contributed by atoms with Crippen LogP contribution in [0.25, 0.3) is 0 Å². The second-order valence-electron chi connectivity index (χ2n) is 8.81. The Morgan fingerprint density at radius 1 is 1.11 bits per heavy atom. The predicted octanol–water partition coefficient (Wildman–Crippen LogP) is 2.67. The first-order valence-electron chi connectivity index (χ1n) is 10.6. The minimum absolute atomic E-state index is 0. The Hall–Kier alpha value is -2.54. The summed E-state index contributed by atoms with van der Waals surface area (Å²) in [5, 5.41) is -0.725. The lowest BCUT2D eigenvalue weighted by atomic mass is 10.0. The van der Waals surface area contributed by atoms with Crippen molar-refractivity contribution in [1.29, 1.82) is 0 Å². The van der Waals surface area contributed by atoms with E-state index in [2.05, 4.69) is 0 Å². The summed E-state index contributed by atoms with van der Waals surface area (Å²) in [7, 11) is 0. The summed E-state index contributed by atoms with van der Waals surface area (Å²) in [4.78, 5) is 62.3. The number of nitrogens with zero attached hydrogens (tertiary/aromatic N) is 1. The van der Waals surface area contributed by atoms with Crippen molar-refractivity contribution in [3.05, 3.63) is 35.0 Å². The molecular formula is C23H27ClN2O8S2. The number of esters is 3. The molecule has 0 saturated carbocycles. The molecule has 3 rings (SSSR count). The number of ether oxygens (including phenoxy) is 3. The van der Waals surface area contributed by atoms with Gasteiger partial charge in [0, 0.05) is 30.9 Å². The Morgan fingerprint density at radius 3 is 2.31 bits per heavy atom. The van der Waals surface area contributed by atoms with Crippen molar-refractivity contribution in [3.63, 3.8) is 0 Å². The largest absolute Gasteiger partial charge is 0.455 e. The minimum atomic E-state index is -0.773. The van der Waals surface area contributed by atoms with Crippen LogP contribution in [0, 0.1) is 0 Å². The van der Waals surface area contributed by atoms with Crippen molar-refractivity contribution in [1.82, 2.24) is 4.90 Å². The molecule has 2 aliphatic heterocycles. The van der Waals surface area contributed by atoms with E-state index in [1.165, 1.54) is 48.7 Å². The van der Waals surface area contributed by atoms with Gasteiger partial charge in [0.2, 0.25) is 11.0 Å². The van der Waals surface area contributed by atoms with Crippen molar-refractivity contribution in [3.8, 4) is 11.5 Å². The SMILES string of the molecule is CC(=O)Oc1ccc(C(=O)SCC2=C(C(=O)OC(C)(C)C)N3C(=O)[C@@H](N)[C@H]3SC2)cc1OC(C)=O.Cl. The molecule has 1 amide bonds. The molecule has 1 fully saturated rings. The summed E-state index contributed by atoms with van der Waals surface area (Å²) < 4.78 is 15.6.